The summed E-state index contributed by atoms with van der Waals surface area (Å²) in [6.07, 6.45) is 5.78. The number of amides is 1. The lowest BCUT2D eigenvalue weighted by atomic mass is 9.88. The molecule has 0 N–H and O–H groups in total. The second kappa shape index (κ2) is 9.88. The van der Waals surface area contributed by atoms with E-state index in [0.717, 1.165) is 58.5 Å². The van der Waals surface area contributed by atoms with E-state index in [1.165, 1.54) is 13.5 Å². The zero-order chi connectivity index (χ0) is 16.5. The van der Waals surface area contributed by atoms with Gasteiger partial charge in [-0.05, 0) is 12.8 Å². The van der Waals surface area contributed by atoms with Gasteiger partial charge in [-0.1, -0.05) is 19.3 Å². The van der Waals surface area contributed by atoms with Gasteiger partial charge in [-0.25, -0.2) is 0 Å². The number of carbonyl (C=O) groups excluding carboxylic acids is 2. The number of esters is 1. The zero-order valence-corrected chi connectivity index (χ0v) is 14.3. The molecule has 23 heavy (non-hydrogen) atoms. The molecule has 2 rings (SSSR count). The standard InChI is InChI=1S/C17H30N2O4/c1-22-16(20)7-8-19(10-9-18-11-13-23-14-12-18)17(21)15-5-3-2-4-6-15/h15H,2-14H2,1H3. The Morgan fingerprint density at radius 3 is 2.48 bits per heavy atom. The summed E-state index contributed by atoms with van der Waals surface area (Å²) < 4.78 is 10.1. The maximum absolute atomic E-state index is 12.8. The fraction of sp³-hybridized carbons (Fsp3) is 0.882. The Balaban J connectivity index is 1.86. The molecule has 1 saturated carbocycles. The van der Waals surface area contributed by atoms with Crippen LogP contribution >= 0.6 is 0 Å². The average molecular weight is 326 g/mol. The van der Waals surface area contributed by atoms with E-state index >= 15 is 0 Å². The highest BCUT2D eigenvalue weighted by molar-refractivity contribution is 5.79. The third-order valence-electron chi connectivity index (χ3n) is 4.87. The lowest BCUT2D eigenvalue weighted by molar-refractivity contribution is -0.142. The molecule has 0 aromatic rings. The molecule has 0 radical (unpaired) electrons. The molecule has 0 atom stereocenters. The van der Waals surface area contributed by atoms with Crippen molar-refractivity contribution in [1.29, 1.82) is 0 Å². The van der Waals surface area contributed by atoms with Gasteiger partial charge >= 0.3 is 5.97 Å². The summed E-state index contributed by atoms with van der Waals surface area (Å²) in [5, 5.41) is 0. The van der Waals surface area contributed by atoms with Crippen LogP contribution in [0, 0.1) is 5.92 Å². The van der Waals surface area contributed by atoms with Gasteiger partial charge in [0.2, 0.25) is 5.91 Å². The Bertz CT molecular complexity index is 377. The Morgan fingerprint density at radius 1 is 1.13 bits per heavy atom. The van der Waals surface area contributed by atoms with Crippen LogP contribution in [0.1, 0.15) is 38.5 Å². The third-order valence-corrected chi connectivity index (χ3v) is 4.87. The molecule has 0 aromatic carbocycles. The first-order valence-corrected chi connectivity index (χ1v) is 8.86. The summed E-state index contributed by atoms with van der Waals surface area (Å²) in [4.78, 5) is 28.4. The molecule has 1 aliphatic carbocycles. The number of nitrogens with zero attached hydrogens (tertiary/aromatic N) is 2. The molecule has 0 unspecified atom stereocenters. The van der Waals surface area contributed by atoms with Gasteiger partial charge in [-0.15, -0.1) is 0 Å². The monoisotopic (exact) mass is 326 g/mol. The first-order valence-electron chi connectivity index (χ1n) is 8.86. The Hall–Kier alpha value is -1.14. The second-order valence-electron chi connectivity index (χ2n) is 6.44. The fourth-order valence-electron chi connectivity index (χ4n) is 3.36. The predicted octanol–water partition coefficient (Wildman–Crippen LogP) is 1.29. The Labute approximate surface area is 139 Å². The number of hydrogen-bond acceptors (Lipinski definition) is 5. The quantitative estimate of drug-likeness (QED) is 0.660. The van der Waals surface area contributed by atoms with Crippen molar-refractivity contribution in [2.45, 2.75) is 38.5 Å². The molecular formula is C17H30N2O4. The van der Waals surface area contributed by atoms with Crippen LogP contribution in [0.2, 0.25) is 0 Å². The van der Waals surface area contributed by atoms with Gasteiger partial charge in [0, 0.05) is 38.6 Å². The maximum Gasteiger partial charge on any atom is 0.307 e. The third kappa shape index (κ3) is 6.11. The van der Waals surface area contributed by atoms with Crippen LogP contribution in [0.15, 0.2) is 0 Å². The van der Waals surface area contributed by atoms with E-state index in [1.807, 2.05) is 4.90 Å². The van der Waals surface area contributed by atoms with E-state index in [-0.39, 0.29) is 24.2 Å². The lowest BCUT2D eigenvalue weighted by Gasteiger charge is -2.32. The van der Waals surface area contributed by atoms with Crippen LogP contribution in [-0.2, 0) is 19.1 Å². The number of methoxy groups -OCH3 is 1. The highest BCUT2D eigenvalue weighted by Crippen LogP contribution is 2.25. The van der Waals surface area contributed by atoms with E-state index in [2.05, 4.69) is 4.90 Å². The van der Waals surface area contributed by atoms with Gasteiger partial charge in [0.15, 0.2) is 0 Å². The van der Waals surface area contributed by atoms with Crippen molar-refractivity contribution < 1.29 is 19.1 Å². The normalized spacial score (nSPS) is 20.2. The van der Waals surface area contributed by atoms with Crippen molar-refractivity contribution in [2.24, 2.45) is 5.92 Å². The summed E-state index contributed by atoms with van der Waals surface area (Å²) in [5.41, 5.74) is 0. The van der Waals surface area contributed by atoms with Gasteiger partial charge < -0.3 is 14.4 Å². The second-order valence-corrected chi connectivity index (χ2v) is 6.44. The van der Waals surface area contributed by atoms with Crippen molar-refractivity contribution >= 4 is 11.9 Å². The highest BCUT2D eigenvalue weighted by atomic mass is 16.5. The van der Waals surface area contributed by atoms with Crippen LogP contribution < -0.4 is 0 Å². The van der Waals surface area contributed by atoms with Gasteiger partial charge in [0.1, 0.15) is 0 Å². The molecule has 1 heterocycles. The van der Waals surface area contributed by atoms with Crippen molar-refractivity contribution in [3.63, 3.8) is 0 Å². The average Bonchev–Trinajstić information content (AvgIpc) is 2.62. The summed E-state index contributed by atoms with van der Waals surface area (Å²) >= 11 is 0. The van der Waals surface area contributed by atoms with Crippen molar-refractivity contribution in [3.05, 3.63) is 0 Å². The molecule has 0 spiro atoms. The predicted molar refractivity (Wildman–Crippen MR) is 87.0 cm³/mol. The SMILES string of the molecule is COC(=O)CCN(CCN1CCOCC1)C(=O)C1CCCCC1. The van der Waals surface area contributed by atoms with Gasteiger partial charge in [0.05, 0.1) is 26.7 Å². The summed E-state index contributed by atoms with van der Waals surface area (Å²) in [7, 11) is 1.39. The van der Waals surface area contributed by atoms with Gasteiger partial charge in [-0.3, -0.25) is 14.5 Å². The van der Waals surface area contributed by atoms with E-state index in [1.54, 1.807) is 0 Å². The van der Waals surface area contributed by atoms with E-state index in [4.69, 9.17) is 9.47 Å². The number of hydrogen-bond donors (Lipinski definition) is 0. The molecule has 1 aliphatic heterocycles. The molecule has 0 bridgehead atoms. The minimum absolute atomic E-state index is 0.145. The van der Waals surface area contributed by atoms with E-state index < -0.39 is 0 Å². The van der Waals surface area contributed by atoms with E-state index in [9.17, 15) is 9.59 Å². The van der Waals surface area contributed by atoms with Crippen LogP contribution in [0.25, 0.3) is 0 Å². The molecule has 6 heteroatoms. The molecule has 0 aromatic heterocycles. The minimum atomic E-state index is -0.252. The summed E-state index contributed by atoms with van der Waals surface area (Å²) in [6, 6.07) is 0. The van der Waals surface area contributed by atoms with Crippen molar-refractivity contribution in [1.82, 2.24) is 9.80 Å². The summed E-state index contributed by atoms with van der Waals surface area (Å²) in [5.74, 6) is 0.116. The first kappa shape index (κ1) is 18.2. The molecule has 1 amide bonds. The Morgan fingerprint density at radius 2 is 1.83 bits per heavy atom. The topological polar surface area (TPSA) is 59.1 Å². The molecular weight excluding hydrogens is 296 g/mol. The van der Waals surface area contributed by atoms with Crippen LogP contribution in [0.3, 0.4) is 0 Å². The van der Waals surface area contributed by atoms with Crippen LogP contribution in [0.5, 0.6) is 0 Å². The number of morpholine rings is 1. The van der Waals surface area contributed by atoms with Crippen molar-refractivity contribution in [3.8, 4) is 0 Å². The number of carbonyl (C=O) groups is 2. The van der Waals surface area contributed by atoms with E-state index in [0.29, 0.717) is 13.1 Å². The number of ether oxygens (including phenoxy) is 2. The van der Waals surface area contributed by atoms with Crippen LogP contribution in [0.4, 0.5) is 0 Å². The molecule has 132 valence electrons. The van der Waals surface area contributed by atoms with Crippen molar-refractivity contribution in [2.75, 3.05) is 53.0 Å². The molecule has 1 saturated heterocycles. The van der Waals surface area contributed by atoms with Crippen LogP contribution in [-0.4, -0.2) is 74.7 Å². The molecule has 2 aliphatic rings. The molecule has 6 nitrogen and oxygen atoms in total. The molecule has 2 fully saturated rings. The lowest BCUT2D eigenvalue weighted by Crippen LogP contribution is -2.45. The fourth-order valence-corrected chi connectivity index (χ4v) is 3.36. The maximum atomic E-state index is 12.8. The highest BCUT2D eigenvalue weighted by Gasteiger charge is 2.26. The zero-order valence-electron chi connectivity index (χ0n) is 14.3. The minimum Gasteiger partial charge on any atom is -0.469 e. The summed E-state index contributed by atoms with van der Waals surface area (Å²) in [6.45, 7) is 5.37. The van der Waals surface area contributed by atoms with Gasteiger partial charge in [-0.2, -0.15) is 0 Å². The number of rotatable bonds is 7. The van der Waals surface area contributed by atoms with Gasteiger partial charge in [0.25, 0.3) is 0 Å². The Kier molecular flexibility index (Phi) is 7.82. The smallest absolute Gasteiger partial charge is 0.307 e. The largest absolute Gasteiger partial charge is 0.469 e. The first-order chi connectivity index (χ1) is 11.2.